The maximum absolute atomic E-state index is 12.3. The Bertz CT molecular complexity index is 430. The molecule has 1 fully saturated rings. The Labute approximate surface area is 109 Å². The van der Waals surface area contributed by atoms with Crippen molar-refractivity contribution in [2.24, 2.45) is 5.41 Å². The van der Waals surface area contributed by atoms with Crippen LogP contribution in [0, 0.1) is 5.41 Å². The highest BCUT2D eigenvalue weighted by molar-refractivity contribution is 7.90. The molecule has 0 saturated carbocycles. The Morgan fingerprint density at radius 3 is 2.28 bits per heavy atom. The molecule has 1 saturated heterocycles. The summed E-state index contributed by atoms with van der Waals surface area (Å²) in [5.74, 6) is -0.450. The largest absolute Gasteiger partial charge is 0.391 e. The molecule has 0 aromatic heterocycles. The van der Waals surface area contributed by atoms with E-state index in [1.165, 1.54) is 30.2 Å². The van der Waals surface area contributed by atoms with E-state index < -0.39 is 32.7 Å². The topological polar surface area (TPSA) is 77.9 Å². The number of hydrogen-bond acceptors (Lipinski definition) is 4. The number of carbonyl (C=O) groups excluding carboxylic acids is 1. The maximum Gasteiger partial charge on any atom is 0.241 e. The smallest absolute Gasteiger partial charge is 0.241 e. The molecule has 1 aliphatic heterocycles. The minimum absolute atomic E-state index is 0.0559. The maximum atomic E-state index is 12.3. The molecule has 1 heterocycles. The monoisotopic (exact) mass is 278 g/mol. The Hall–Kier alpha value is -0.660. The van der Waals surface area contributed by atoms with Crippen LogP contribution in [-0.4, -0.2) is 67.2 Å². The Morgan fingerprint density at radius 2 is 1.94 bits per heavy atom. The van der Waals surface area contributed by atoms with E-state index in [1.807, 2.05) is 13.8 Å². The lowest BCUT2D eigenvalue weighted by Gasteiger charge is -2.24. The van der Waals surface area contributed by atoms with Crippen molar-refractivity contribution in [1.82, 2.24) is 9.21 Å². The second-order valence-electron chi connectivity index (χ2n) is 5.72. The second kappa shape index (κ2) is 4.79. The van der Waals surface area contributed by atoms with Crippen LogP contribution in [-0.2, 0) is 14.8 Å². The van der Waals surface area contributed by atoms with Crippen LogP contribution in [0.3, 0.4) is 0 Å². The molecular formula is C11H22N2O4S. The van der Waals surface area contributed by atoms with E-state index in [1.54, 1.807) is 0 Å². The average molecular weight is 278 g/mol. The van der Waals surface area contributed by atoms with Gasteiger partial charge < -0.3 is 10.0 Å². The molecule has 0 aromatic carbocycles. The molecule has 1 amide bonds. The van der Waals surface area contributed by atoms with Gasteiger partial charge in [-0.3, -0.25) is 4.79 Å². The Kier molecular flexibility index (Phi) is 4.10. The zero-order valence-corrected chi connectivity index (χ0v) is 12.4. The highest BCUT2D eigenvalue weighted by Crippen LogP contribution is 2.32. The van der Waals surface area contributed by atoms with Crippen molar-refractivity contribution in [2.75, 3.05) is 27.2 Å². The van der Waals surface area contributed by atoms with Gasteiger partial charge in [0.2, 0.25) is 15.9 Å². The van der Waals surface area contributed by atoms with Crippen LogP contribution in [0.2, 0.25) is 0 Å². The normalized spacial score (nSPS) is 26.0. The van der Waals surface area contributed by atoms with Gasteiger partial charge in [-0.05, 0) is 6.92 Å². The zero-order chi connectivity index (χ0) is 14.3. The number of β-amino-alcohol motifs (C(OH)–C–C–N with tert-alkyl or cyclic N) is 1. The first-order valence-corrected chi connectivity index (χ1v) is 7.38. The van der Waals surface area contributed by atoms with Crippen LogP contribution < -0.4 is 0 Å². The summed E-state index contributed by atoms with van der Waals surface area (Å²) >= 11 is 0. The number of aliphatic hydroxyl groups is 1. The summed E-state index contributed by atoms with van der Waals surface area (Å²) in [6.07, 6.45) is -0.700. The molecule has 18 heavy (non-hydrogen) atoms. The third kappa shape index (κ3) is 2.67. The van der Waals surface area contributed by atoms with E-state index in [4.69, 9.17) is 0 Å². The molecule has 1 rings (SSSR count). The van der Waals surface area contributed by atoms with Crippen LogP contribution in [0.5, 0.6) is 0 Å². The summed E-state index contributed by atoms with van der Waals surface area (Å²) in [5, 5.41) is 8.70. The van der Waals surface area contributed by atoms with Crippen LogP contribution in [0.15, 0.2) is 0 Å². The van der Waals surface area contributed by atoms with Gasteiger partial charge in [0.1, 0.15) is 0 Å². The van der Waals surface area contributed by atoms with Gasteiger partial charge in [0.05, 0.1) is 6.10 Å². The predicted octanol–water partition coefficient (Wildman–Crippen LogP) is -0.504. The SMILES string of the molecule is CC(C(=O)N(C)C)S(=O)(=O)N1CC(O)C(C)(C)C1. The lowest BCUT2D eigenvalue weighted by Crippen LogP contribution is -2.44. The van der Waals surface area contributed by atoms with E-state index >= 15 is 0 Å². The molecule has 0 spiro atoms. The van der Waals surface area contributed by atoms with Gasteiger partial charge in [-0.2, -0.15) is 4.31 Å². The molecule has 1 aliphatic rings. The molecule has 106 valence electrons. The van der Waals surface area contributed by atoms with Gasteiger partial charge in [0.15, 0.2) is 5.25 Å². The first kappa shape index (κ1) is 15.4. The van der Waals surface area contributed by atoms with Crippen molar-refractivity contribution >= 4 is 15.9 Å². The minimum atomic E-state index is -3.70. The fraction of sp³-hybridized carbons (Fsp3) is 0.909. The highest BCUT2D eigenvalue weighted by atomic mass is 32.2. The summed E-state index contributed by atoms with van der Waals surface area (Å²) < 4.78 is 25.8. The molecule has 2 unspecified atom stereocenters. The molecular weight excluding hydrogens is 256 g/mol. The molecule has 6 nitrogen and oxygen atoms in total. The van der Waals surface area contributed by atoms with Crippen molar-refractivity contribution in [2.45, 2.75) is 32.1 Å². The van der Waals surface area contributed by atoms with E-state index in [9.17, 15) is 18.3 Å². The van der Waals surface area contributed by atoms with Crippen molar-refractivity contribution < 1.29 is 18.3 Å². The summed E-state index contributed by atoms with van der Waals surface area (Å²) in [7, 11) is -0.655. The molecule has 1 N–H and O–H groups in total. The van der Waals surface area contributed by atoms with Crippen molar-refractivity contribution in [3.05, 3.63) is 0 Å². The molecule has 7 heteroatoms. The van der Waals surface area contributed by atoms with Gasteiger partial charge in [0.25, 0.3) is 0 Å². The van der Waals surface area contributed by atoms with Gasteiger partial charge in [-0.25, -0.2) is 8.42 Å². The summed E-state index contributed by atoms with van der Waals surface area (Å²) in [6, 6.07) is 0. The summed E-state index contributed by atoms with van der Waals surface area (Å²) in [5.41, 5.74) is -0.478. The number of carbonyl (C=O) groups is 1. The Balaban J connectivity index is 2.93. The van der Waals surface area contributed by atoms with Crippen molar-refractivity contribution in [3.63, 3.8) is 0 Å². The van der Waals surface area contributed by atoms with Gasteiger partial charge in [-0.1, -0.05) is 13.8 Å². The number of rotatable bonds is 3. The van der Waals surface area contributed by atoms with Crippen molar-refractivity contribution in [1.29, 1.82) is 0 Å². The Morgan fingerprint density at radius 1 is 1.44 bits per heavy atom. The predicted molar refractivity (Wildman–Crippen MR) is 68.4 cm³/mol. The summed E-state index contributed by atoms with van der Waals surface area (Å²) in [6.45, 7) is 5.30. The minimum Gasteiger partial charge on any atom is -0.391 e. The van der Waals surface area contributed by atoms with Crippen LogP contribution in [0.1, 0.15) is 20.8 Å². The van der Waals surface area contributed by atoms with Crippen LogP contribution >= 0.6 is 0 Å². The number of nitrogens with zero attached hydrogens (tertiary/aromatic N) is 2. The molecule has 2 atom stereocenters. The standard InChI is InChI=1S/C11H22N2O4S/c1-8(10(15)12(4)5)18(16,17)13-6-9(14)11(2,3)7-13/h8-9,14H,6-7H2,1-5H3. The fourth-order valence-corrected chi connectivity index (χ4v) is 3.75. The van der Waals surface area contributed by atoms with E-state index in [2.05, 4.69) is 0 Å². The number of sulfonamides is 1. The number of amides is 1. The molecule has 0 aromatic rings. The third-order valence-corrected chi connectivity index (χ3v) is 5.55. The van der Waals surface area contributed by atoms with E-state index in [0.29, 0.717) is 0 Å². The zero-order valence-electron chi connectivity index (χ0n) is 11.5. The lowest BCUT2D eigenvalue weighted by atomic mass is 9.90. The van der Waals surface area contributed by atoms with E-state index in [0.717, 1.165) is 0 Å². The van der Waals surface area contributed by atoms with Gasteiger partial charge in [-0.15, -0.1) is 0 Å². The molecule has 0 bridgehead atoms. The average Bonchev–Trinajstić information content (AvgIpc) is 2.51. The van der Waals surface area contributed by atoms with Gasteiger partial charge >= 0.3 is 0 Å². The first-order chi connectivity index (χ1) is 8.00. The lowest BCUT2D eigenvalue weighted by molar-refractivity contribution is -0.128. The molecule has 0 aliphatic carbocycles. The van der Waals surface area contributed by atoms with Crippen LogP contribution in [0.25, 0.3) is 0 Å². The second-order valence-corrected chi connectivity index (χ2v) is 7.97. The number of aliphatic hydroxyl groups excluding tert-OH is 1. The molecule has 0 radical (unpaired) electrons. The highest BCUT2D eigenvalue weighted by Gasteiger charge is 2.46. The van der Waals surface area contributed by atoms with Gasteiger partial charge in [0, 0.05) is 32.6 Å². The first-order valence-electron chi connectivity index (χ1n) is 5.88. The third-order valence-electron chi connectivity index (χ3n) is 3.46. The quantitative estimate of drug-likeness (QED) is 0.754. The van der Waals surface area contributed by atoms with E-state index in [-0.39, 0.29) is 13.1 Å². The van der Waals surface area contributed by atoms with Crippen LogP contribution in [0.4, 0.5) is 0 Å². The fourth-order valence-electron chi connectivity index (χ4n) is 1.97. The van der Waals surface area contributed by atoms with Crippen molar-refractivity contribution in [3.8, 4) is 0 Å². The summed E-state index contributed by atoms with van der Waals surface area (Å²) in [4.78, 5) is 13.0. The number of hydrogen-bond donors (Lipinski definition) is 1.